The third kappa shape index (κ3) is 11.7. The topological polar surface area (TPSA) is 71.1 Å². The lowest BCUT2D eigenvalue weighted by molar-refractivity contribution is -0.141. The van der Waals surface area contributed by atoms with Crippen molar-refractivity contribution < 1.29 is 28.5 Å². The van der Waals surface area contributed by atoms with Crippen molar-refractivity contribution in [3.05, 3.63) is 17.7 Å². The van der Waals surface area contributed by atoms with E-state index < -0.39 is 0 Å². The Morgan fingerprint density at radius 3 is 1.87 bits per heavy atom. The van der Waals surface area contributed by atoms with Gasteiger partial charge in [0, 0.05) is 6.92 Å². The normalized spacial score (nSPS) is 10.5. The zero-order valence-electron chi connectivity index (χ0n) is 19.6. The maximum Gasteiger partial charge on any atom is 0.302 e. The molecule has 0 aromatic heterocycles. The van der Waals surface area contributed by atoms with E-state index in [1.54, 1.807) is 12.1 Å². The molecular formula is C25H40O6. The molecule has 1 aromatic rings. The van der Waals surface area contributed by atoms with E-state index in [4.69, 9.17) is 18.9 Å². The van der Waals surface area contributed by atoms with E-state index in [1.807, 2.05) is 0 Å². The lowest BCUT2D eigenvalue weighted by Gasteiger charge is -2.18. The summed E-state index contributed by atoms with van der Waals surface area (Å²) >= 11 is 0. The zero-order chi connectivity index (χ0) is 22.7. The Bertz CT molecular complexity index is 629. The summed E-state index contributed by atoms with van der Waals surface area (Å²) in [6, 6.07) is 3.48. The smallest absolute Gasteiger partial charge is 0.302 e. The Morgan fingerprint density at radius 1 is 0.742 bits per heavy atom. The van der Waals surface area contributed by atoms with Crippen LogP contribution < -0.4 is 14.2 Å². The molecule has 0 radical (unpaired) electrons. The maximum atomic E-state index is 11.6. The average Bonchev–Trinajstić information content (AvgIpc) is 2.76. The number of carbonyl (C=O) groups is 2. The molecule has 0 saturated heterocycles. The molecule has 6 nitrogen and oxygen atoms in total. The van der Waals surface area contributed by atoms with E-state index >= 15 is 0 Å². The van der Waals surface area contributed by atoms with Crippen LogP contribution in [0.15, 0.2) is 12.1 Å². The van der Waals surface area contributed by atoms with Gasteiger partial charge in [0.2, 0.25) is 5.75 Å². The van der Waals surface area contributed by atoms with Crippen molar-refractivity contribution in [3.8, 4) is 17.2 Å². The second-order valence-electron chi connectivity index (χ2n) is 7.64. The molecule has 0 unspecified atom stereocenters. The monoisotopic (exact) mass is 436 g/mol. The minimum atomic E-state index is -0.273. The van der Waals surface area contributed by atoms with E-state index in [0.717, 1.165) is 57.7 Å². The SMILES string of the molecule is CCCCCCOc1c(C=O)ccc(OCCCCOC(C)=O)c1OCCCCCC. The van der Waals surface area contributed by atoms with Crippen LogP contribution in [0.25, 0.3) is 0 Å². The molecule has 0 aliphatic rings. The van der Waals surface area contributed by atoms with Crippen LogP contribution in [0.1, 0.15) is 95.3 Å². The van der Waals surface area contributed by atoms with Gasteiger partial charge in [-0.15, -0.1) is 0 Å². The Morgan fingerprint density at radius 2 is 1.29 bits per heavy atom. The summed E-state index contributed by atoms with van der Waals surface area (Å²) in [7, 11) is 0. The van der Waals surface area contributed by atoms with Crippen molar-refractivity contribution in [2.75, 3.05) is 26.4 Å². The van der Waals surface area contributed by atoms with E-state index in [1.165, 1.54) is 19.8 Å². The minimum Gasteiger partial charge on any atom is -0.490 e. The van der Waals surface area contributed by atoms with E-state index in [2.05, 4.69) is 13.8 Å². The van der Waals surface area contributed by atoms with Gasteiger partial charge in [0.25, 0.3) is 0 Å². The molecule has 0 fully saturated rings. The van der Waals surface area contributed by atoms with Gasteiger partial charge in [-0.3, -0.25) is 9.59 Å². The molecule has 0 atom stereocenters. The van der Waals surface area contributed by atoms with Crippen LogP contribution in [-0.4, -0.2) is 38.7 Å². The Kier molecular flexibility index (Phi) is 15.1. The average molecular weight is 437 g/mol. The Hall–Kier alpha value is -2.24. The quantitative estimate of drug-likeness (QED) is 0.147. The fourth-order valence-electron chi connectivity index (χ4n) is 3.06. The first-order valence-corrected chi connectivity index (χ1v) is 11.8. The highest BCUT2D eigenvalue weighted by molar-refractivity contribution is 5.82. The number of unbranched alkanes of at least 4 members (excludes halogenated alkanes) is 7. The van der Waals surface area contributed by atoms with Gasteiger partial charge in [0.15, 0.2) is 17.8 Å². The van der Waals surface area contributed by atoms with Crippen LogP contribution in [0.2, 0.25) is 0 Å². The number of ether oxygens (including phenoxy) is 4. The van der Waals surface area contributed by atoms with Gasteiger partial charge in [-0.2, -0.15) is 0 Å². The molecule has 1 aromatic carbocycles. The minimum absolute atomic E-state index is 0.273. The largest absolute Gasteiger partial charge is 0.490 e. The summed E-state index contributed by atoms with van der Waals surface area (Å²) in [5.74, 6) is 1.29. The Balaban J connectivity index is 2.80. The second-order valence-corrected chi connectivity index (χ2v) is 7.64. The summed E-state index contributed by atoms with van der Waals surface area (Å²) in [5.41, 5.74) is 0.473. The molecule has 0 bridgehead atoms. The first kappa shape index (κ1) is 26.8. The molecule has 0 spiro atoms. The predicted molar refractivity (Wildman–Crippen MR) is 122 cm³/mol. The van der Waals surface area contributed by atoms with Crippen molar-refractivity contribution in [3.63, 3.8) is 0 Å². The van der Waals surface area contributed by atoms with Gasteiger partial charge in [-0.25, -0.2) is 0 Å². The number of rotatable bonds is 19. The molecule has 0 heterocycles. The standard InChI is InChI=1S/C25H40O6/c1-4-6-8-10-18-30-24-22(20-26)14-15-23(25(24)31-19-11-9-7-5-2)29-17-13-12-16-28-21(3)27/h14-15,20H,4-13,16-19H2,1-3H3. The third-order valence-electron chi connectivity index (χ3n) is 4.82. The predicted octanol–water partition coefficient (Wildman–Crippen LogP) is 6.14. The van der Waals surface area contributed by atoms with E-state index in [-0.39, 0.29) is 5.97 Å². The zero-order valence-corrected chi connectivity index (χ0v) is 19.6. The molecule has 0 N–H and O–H groups in total. The van der Waals surface area contributed by atoms with E-state index in [0.29, 0.717) is 49.2 Å². The van der Waals surface area contributed by atoms with Gasteiger partial charge < -0.3 is 18.9 Å². The van der Waals surface area contributed by atoms with Gasteiger partial charge in [0.1, 0.15) is 0 Å². The second kappa shape index (κ2) is 17.4. The number of benzene rings is 1. The molecule has 31 heavy (non-hydrogen) atoms. The molecule has 1 rings (SSSR count). The van der Waals surface area contributed by atoms with Crippen molar-refractivity contribution >= 4 is 12.3 Å². The van der Waals surface area contributed by atoms with E-state index in [9.17, 15) is 9.59 Å². The highest BCUT2D eigenvalue weighted by Crippen LogP contribution is 2.40. The fourth-order valence-corrected chi connectivity index (χ4v) is 3.06. The molecule has 0 aliphatic heterocycles. The van der Waals surface area contributed by atoms with Gasteiger partial charge in [-0.05, 0) is 37.8 Å². The lowest BCUT2D eigenvalue weighted by atomic mass is 10.1. The van der Waals surface area contributed by atoms with Crippen LogP contribution in [0.5, 0.6) is 17.2 Å². The Labute approximate surface area is 187 Å². The maximum absolute atomic E-state index is 11.6. The summed E-state index contributed by atoms with van der Waals surface area (Å²) < 4.78 is 23.0. The molecule has 176 valence electrons. The third-order valence-corrected chi connectivity index (χ3v) is 4.82. The number of esters is 1. The first-order valence-electron chi connectivity index (χ1n) is 11.8. The molecule has 0 amide bonds. The molecule has 0 saturated carbocycles. The van der Waals surface area contributed by atoms with Gasteiger partial charge >= 0.3 is 5.97 Å². The fraction of sp³-hybridized carbons (Fsp3) is 0.680. The number of carbonyl (C=O) groups excluding carboxylic acids is 2. The van der Waals surface area contributed by atoms with Crippen LogP contribution in [-0.2, 0) is 9.53 Å². The number of hydrogen-bond acceptors (Lipinski definition) is 6. The van der Waals surface area contributed by atoms with Crippen LogP contribution in [0.4, 0.5) is 0 Å². The van der Waals surface area contributed by atoms with Crippen molar-refractivity contribution in [2.24, 2.45) is 0 Å². The first-order chi connectivity index (χ1) is 15.1. The van der Waals surface area contributed by atoms with Gasteiger partial charge in [-0.1, -0.05) is 52.4 Å². The van der Waals surface area contributed by atoms with Crippen LogP contribution in [0.3, 0.4) is 0 Å². The summed E-state index contributed by atoms with van der Waals surface area (Å²) in [4.78, 5) is 22.4. The highest BCUT2D eigenvalue weighted by atomic mass is 16.5. The summed E-state index contributed by atoms with van der Waals surface area (Å²) in [6.07, 6.45) is 11.0. The summed E-state index contributed by atoms with van der Waals surface area (Å²) in [5, 5.41) is 0. The molecular weight excluding hydrogens is 396 g/mol. The molecule has 6 heteroatoms. The van der Waals surface area contributed by atoms with Crippen LogP contribution in [0, 0.1) is 0 Å². The molecule has 0 aliphatic carbocycles. The highest BCUT2D eigenvalue weighted by Gasteiger charge is 2.18. The lowest BCUT2D eigenvalue weighted by Crippen LogP contribution is -2.08. The van der Waals surface area contributed by atoms with Crippen molar-refractivity contribution in [2.45, 2.75) is 85.0 Å². The van der Waals surface area contributed by atoms with Crippen LogP contribution >= 0.6 is 0 Å². The van der Waals surface area contributed by atoms with Crippen molar-refractivity contribution in [1.29, 1.82) is 0 Å². The summed E-state index contributed by atoms with van der Waals surface area (Å²) in [6.45, 7) is 7.68. The number of aldehydes is 1. The van der Waals surface area contributed by atoms with Gasteiger partial charge in [0.05, 0.1) is 32.0 Å². The van der Waals surface area contributed by atoms with Crippen molar-refractivity contribution in [1.82, 2.24) is 0 Å². The number of hydrogen-bond donors (Lipinski definition) is 0.